The molecule has 0 spiro atoms. The number of nitrogens with zero attached hydrogens (tertiary/aromatic N) is 3. The van der Waals surface area contributed by atoms with E-state index in [0.717, 1.165) is 16.7 Å². The Balaban J connectivity index is 1.86. The molecule has 24 heavy (non-hydrogen) atoms. The first kappa shape index (κ1) is 14.1. The molecule has 2 aromatic carbocycles. The third kappa shape index (κ3) is 2.52. The summed E-state index contributed by atoms with van der Waals surface area (Å²) in [6.45, 7) is 0. The Hall–Kier alpha value is -3.47. The quantitative estimate of drug-likeness (QED) is 0.623. The lowest BCUT2D eigenvalue weighted by molar-refractivity contribution is 0.0998. The van der Waals surface area contributed by atoms with Gasteiger partial charge in [-0.1, -0.05) is 30.3 Å². The van der Waals surface area contributed by atoms with Crippen molar-refractivity contribution in [2.75, 3.05) is 4.90 Å². The molecule has 4 aromatic rings. The van der Waals surface area contributed by atoms with Crippen molar-refractivity contribution >= 4 is 28.6 Å². The van der Waals surface area contributed by atoms with Crippen molar-refractivity contribution in [3.63, 3.8) is 0 Å². The number of nitrogens with one attached hydrogen (secondary N) is 1. The Labute approximate surface area is 138 Å². The van der Waals surface area contributed by atoms with Crippen LogP contribution in [-0.4, -0.2) is 20.9 Å². The number of amides is 1. The number of hydrogen-bond donors (Lipinski definition) is 1. The number of H-pyrrole nitrogens is 1. The Morgan fingerprint density at radius 1 is 0.917 bits per heavy atom. The molecule has 2 aromatic heterocycles. The number of rotatable bonds is 3. The van der Waals surface area contributed by atoms with E-state index in [-0.39, 0.29) is 5.91 Å². The van der Waals surface area contributed by atoms with E-state index in [4.69, 9.17) is 0 Å². The predicted molar refractivity (Wildman–Crippen MR) is 93.2 cm³/mol. The molecule has 0 aliphatic rings. The molecule has 2 heterocycles. The minimum Gasteiger partial charge on any atom is -0.323 e. The summed E-state index contributed by atoms with van der Waals surface area (Å²) in [6, 6.07) is 20.6. The van der Waals surface area contributed by atoms with E-state index in [1.807, 2.05) is 54.6 Å². The molecule has 0 bridgehead atoms. The zero-order valence-corrected chi connectivity index (χ0v) is 12.8. The number of aromatic nitrogens is 3. The van der Waals surface area contributed by atoms with Gasteiger partial charge < -0.3 is 4.98 Å². The summed E-state index contributed by atoms with van der Waals surface area (Å²) in [5.74, 6) is 0.296. The van der Waals surface area contributed by atoms with Crippen LogP contribution >= 0.6 is 0 Å². The molecule has 0 aliphatic heterocycles. The normalized spacial score (nSPS) is 10.7. The number of pyridine rings is 1. The smallest absolute Gasteiger partial charge is 0.266 e. The molecular formula is C19H14N4O. The Bertz CT molecular complexity index is 947. The van der Waals surface area contributed by atoms with Crippen LogP contribution in [0, 0.1) is 0 Å². The molecule has 5 nitrogen and oxygen atoms in total. The third-order valence-corrected chi connectivity index (χ3v) is 3.71. The van der Waals surface area contributed by atoms with E-state index < -0.39 is 0 Å². The van der Waals surface area contributed by atoms with Crippen LogP contribution < -0.4 is 4.90 Å². The van der Waals surface area contributed by atoms with Crippen LogP contribution in [0.1, 0.15) is 10.4 Å². The first-order chi connectivity index (χ1) is 11.8. The predicted octanol–water partition coefficient (Wildman–Crippen LogP) is 3.94. The highest BCUT2D eigenvalue weighted by Gasteiger charge is 2.22. The number of hydrogen-bond acceptors (Lipinski definition) is 3. The van der Waals surface area contributed by atoms with Gasteiger partial charge in [0.05, 0.1) is 22.3 Å². The highest BCUT2D eigenvalue weighted by Crippen LogP contribution is 2.27. The molecule has 5 heteroatoms. The topological polar surface area (TPSA) is 61.9 Å². The average Bonchev–Trinajstić information content (AvgIpc) is 3.07. The number of imidazole rings is 1. The van der Waals surface area contributed by atoms with E-state index in [1.165, 1.54) is 0 Å². The number of carbonyl (C=O) groups is 1. The highest BCUT2D eigenvalue weighted by molar-refractivity contribution is 6.10. The number of para-hydroxylation sites is 3. The fraction of sp³-hybridized carbons (Fsp3) is 0. The van der Waals surface area contributed by atoms with Gasteiger partial charge >= 0.3 is 0 Å². The molecule has 0 saturated carbocycles. The minimum absolute atomic E-state index is 0.187. The lowest BCUT2D eigenvalue weighted by Crippen LogP contribution is -2.27. The van der Waals surface area contributed by atoms with Gasteiger partial charge in [0.1, 0.15) is 0 Å². The summed E-state index contributed by atoms with van der Waals surface area (Å²) in [7, 11) is 0. The van der Waals surface area contributed by atoms with E-state index in [2.05, 4.69) is 15.0 Å². The van der Waals surface area contributed by atoms with E-state index in [9.17, 15) is 4.79 Å². The fourth-order valence-electron chi connectivity index (χ4n) is 2.58. The number of aromatic amines is 1. The van der Waals surface area contributed by atoms with E-state index in [1.54, 1.807) is 29.4 Å². The van der Waals surface area contributed by atoms with Gasteiger partial charge in [0.15, 0.2) is 0 Å². The van der Waals surface area contributed by atoms with Crippen LogP contribution in [0.5, 0.6) is 0 Å². The number of carbonyl (C=O) groups excluding carboxylic acids is 1. The molecule has 0 unspecified atom stereocenters. The summed E-state index contributed by atoms with van der Waals surface area (Å²) < 4.78 is 0. The third-order valence-electron chi connectivity index (χ3n) is 3.71. The van der Waals surface area contributed by atoms with Crippen LogP contribution in [-0.2, 0) is 0 Å². The summed E-state index contributed by atoms with van der Waals surface area (Å²) in [6.07, 6.45) is 3.20. The number of anilines is 2. The molecular weight excluding hydrogens is 300 g/mol. The van der Waals surface area contributed by atoms with Gasteiger partial charge in [-0.25, -0.2) is 9.88 Å². The van der Waals surface area contributed by atoms with Gasteiger partial charge in [0.25, 0.3) is 5.91 Å². The Morgan fingerprint density at radius 3 is 2.46 bits per heavy atom. The first-order valence-electron chi connectivity index (χ1n) is 7.57. The molecule has 0 saturated heterocycles. The maximum atomic E-state index is 13.0. The summed E-state index contributed by atoms with van der Waals surface area (Å²) in [5.41, 5.74) is 2.94. The molecule has 0 radical (unpaired) electrons. The van der Waals surface area contributed by atoms with Crippen molar-refractivity contribution in [3.05, 3.63) is 84.7 Å². The molecule has 1 amide bonds. The van der Waals surface area contributed by atoms with Gasteiger partial charge in [-0.05, 0) is 36.4 Å². The molecule has 4 rings (SSSR count). The second-order valence-electron chi connectivity index (χ2n) is 5.30. The van der Waals surface area contributed by atoms with E-state index >= 15 is 0 Å². The average molecular weight is 314 g/mol. The summed E-state index contributed by atoms with van der Waals surface area (Å²) in [5, 5.41) is 0. The van der Waals surface area contributed by atoms with Gasteiger partial charge in [-0.15, -0.1) is 0 Å². The lowest BCUT2D eigenvalue weighted by Gasteiger charge is -2.20. The monoisotopic (exact) mass is 314 g/mol. The molecule has 116 valence electrons. The highest BCUT2D eigenvalue weighted by atomic mass is 16.2. The van der Waals surface area contributed by atoms with Crippen molar-refractivity contribution < 1.29 is 4.79 Å². The minimum atomic E-state index is -0.187. The molecule has 1 N–H and O–H groups in total. The number of fused-ring (bicyclic) bond motifs is 1. The van der Waals surface area contributed by atoms with Gasteiger partial charge in [0, 0.05) is 12.4 Å². The van der Waals surface area contributed by atoms with Gasteiger partial charge in [-0.3, -0.25) is 9.78 Å². The maximum Gasteiger partial charge on any atom is 0.266 e. The van der Waals surface area contributed by atoms with E-state index in [0.29, 0.717) is 11.5 Å². The van der Waals surface area contributed by atoms with Crippen molar-refractivity contribution in [2.24, 2.45) is 0 Å². The maximum absolute atomic E-state index is 13.0. The molecule has 0 atom stereocenters. The summed E-state index contributed by atoms with van der Waals surface area (Å²) in [4.78, 5) is 26.4. The van der Waals surface area contributed by atoms with Crippen LogP contribution in [0.2, 0.25) is 0 Å². The van der Waals surface area contributed by atoms with Crippen LogP contribution in [0.25, 0.3) is 11.0 Å². The summed E-state index contributed by atoms with van der Waals surface area (Å²) >= 11 is 0. The SMILES string of the molecule is O=C(c1cccnc1)N(c1ccccc1)c1nc2ccccc2[nH]1. The lowest BCUT2D eigenvalue weighted by atomic mass is 10.2. The van der Waals surface area contributed by atoms with Crippen LogP contribution in [0.15, 0.2) is 79.1 Å². The fourth-order valence-corrected chi connectivity index (χ4v) is 2.58. The van der Waals surface area contributed by atoms with Crippen molar-refractivity contribution in [3.8, 4) is 0 Å². The van der Waals surface area contributed by atoms with Gasteiger partial charge in [-0.2, -0.15) is 0 Å². The molecule has 0 fully saturated rings. The zero-order chi connectivity index (χ0) is 16.4. The van der Waals surface area contributed by atoms with Crippen molar-refractivity contribution in [1.82, 2.24) is 15.0 Å². The first-order valence-corrected chi connectivity index (χ1v) is 7.57. The van der Waals surface area contributed by atoms with Crippen LogP contribution in [0.4, 0.5) is 11.6 Å². The van der Waals surface area contributed by atoms with Crippen LogP contribution in [0.3, 0.4) is 0 Å². The van der Waals surface area contributed by atoms with Crippen molar-refractivity contribution in [1.29, 1.82) is 0 Å². The van der Waals surface area contributed by atoms with Crippen molar-refractivity contribution in [2.45, 2.75) is 0 Å². The Kier molecular flexibility index (Phi) is 3.51. The van der Waals surface area contributed by atoms with Gasteiger partial charge in [0.2, 0.25) is 5.95 Å². The standard InChI is InChI=1S/C19H14N4O/c24-18(14-7-6-12-20-13-14)23(15-8-2-1-3-9-15)19-21-16-10-4-5-11-17(16)22-19/h1-13H,(H,21,22). The number of benzene rings is 2. The second kappa shape index (κ2) is 5.96. The largest absolute Gasteiger partial charge is 0.323 e. The second-order valence-corrected chi connectivity index (χ2v) is 5.30. The zero-order valence-electron chi connectivity index (χ0n) is 12.8. The molecule has 0 aliphatic carbocycles. The Morgan fingerprint density at radius 2 is 1.71 bits per heavy atom.